The molecule has 2 rings (SSSR count). The molecule has 0 radical (unpaired) electrons. The van der Waals surface area contributed by atoms with Crippen molar-refractivity contribution in [2.24, 2.45) is 0 Å². The number of para-hydroxylation sites is 2. The number of hydrogen-bond acceptors (Lipinski definition) is 4. The lowest BCUT2D eigenvalue weighted by Gasteiger charge is -2.33. The van der Waals surface area contributed by atoms with Gasteiger partial charge in [-0.25, -0.2) is 0 Å². The molecule has 6 heteroatoms. The van der Waals surface area contributed by atoms with E-state index in [9.17, 15) is 14.7 Å². The summed E-state index contributed by atoms with van der Waals surface area (Å²) in [7, 11) is 0. The van der Waals surface area contributed by atoms with Crippen molar-refractivity contribution >= 4 is 23.2 Å². The van der Waals surface area contributed by atoms with Crippen LogP contribution in [-0.2, 0) is 9.59 Å². The summed E-state index contributed by atoms with van der Waals surface area (Å²) in [5, 5.41) is 14.9. The summed E-state index contributed by atoms with van der Waals surface area (Å²) >= 11 is 0. The minimum Gasteiger partial charge on any atom is -0.395 e. The molecule has 132 valence electrons. The Morgan fingerprint density at radius 3 is 2.33 bits per heavy atom. The molecular formula is C18H27N3O3. The first-order valence-electron chi connectivity index (χ1n) is 8.61. The number of aliphatic hydroxyl groups excluding tert-OH is 1. The van der Waals surface area contributed by atoms with Crippen LogP contribution in [0.3, 0.4) is 0 Å². The number of nitrogens with one attached hydrogen (secondary N) is 2. The number of carbonyl (C=O) groups excluding carboxylic acids is 2. The third-order valence-corrected chi connectivity index (χ3v) is 4.34. The Kier molecular flexibility index (Phi) is 7.21. The maximum absolute atomic E-state index is 12.4. The number of benzene rings is 1. The first kappa shape index (κ1) is 18.4. The number of rotatable bonds is 7. The van der Waals surface area contributed by atoms with Gasteiger partial charge in [-0.2, -0.15) is 0 Å². The Hall–Kier alpha value is -1.92. The van der Waals surface area contributed by atoms with E-state index >= 15 is 0 Å². The van der Waals surface area contributed by atoms with E-state index < -0.39 is 0 Å². The molecule has 0 unspecified atom stereocenters. The Balaban J connectivity index is 1.99. The van der Waals surface area contributed by atoms with Crippen LogP contribution in [0.1, 0.15) is 39.0 Å². The van der Waals surface area contributed by atoms with E-state index in [1.165, 1.54) is 26.2 Å². The third kappa shape index (κ3) is 5.62. The minimum atomic E-state index is -0.180. The van der Waals surface area contributed by atoms with Crippen LogP contribution >= 0.6 is 0 Å². The average Bonchev–Trinajstić information content (AvgIpc) is 2.56. The highest BCUT2D eigenvalue weighted by Gasteiger charge is 2.23. The van der Waals surface area contributed by atoms with Crippen molar-refractivity contribution in [1.82, 2.24) is 4.90 Å². The van der Waals surface area contributed by atoms with Gasteiger partial charge in [0.2, 0.25) is 11.8 Å². The van der Waals surface area contributed by atoms with E-state index in [1.807, 2.05) is 6.07 Å². The van der Waals surface area contributed by atoms with E-state index in [2.05, 4.69) is 15.5 Å². The highest BCUT2D eigenvalue weighted by atomic mass is 16.3. The van der Waals surface area contributed by atoms with Crippen LogP contribution in [0.2, 0.25) is 0 Å². The fraction of sp³-hybridized carbons (Fsp3) is 0.556. The highest BCUT2D eigenvalue weighted by Crippen LogP contribution is 2.23. The topological polar surface area (TPSA) is 81.7 Å². The van der Waals surface area contributed by atoms with Crippen molar-refractivity contribution in [2.45, 2.75) is 45.1 Å². The Labute approximate surface area is 143 Å². The number of aliphatic hydroxyl groups is 1. The Morgan fingerprint density at radius 2 is 1.75 bits per heavy atom. The Bertz CT molecular complexity index is 556. The number of carbonyl (C=O) groups is 2. The molecule has 1 fully saturated rings. The molecule has 0 atom stereocenters. The molecule has 1 aliphatic carbocycles. The highest BCUT2D eigenvalue weighted by molar-refractivity contribution is 5.99. The lowest BCUT2D eigenvalue weighted by Crippen LogP contribution is -2.43. The van der Waals surface area contributed by atoms with E-state index in [4.69, 9.17) is 0 Å². The largest absolute Gasteiger partial charge is 0.395 e. The molecule has 3 N–H and O–H groups in total. The second-order valence-corrected chi connectivity index (χ2v) is 6.26. The lowest BCUT2D eigenvalue weighted by molar-refractivity contribution is -0.118. The summed E-state index contributed by atoms with van der Waals surface area (Å²) in [5.74, 6) is -0.312. The van der Waals surface area contributed by atoms with Crippen LogP contribution in [0, 0.1) is 0 Å². The van der Waals surface area contributed by atoms with Gasteiger partial charge in [0.1, 0.15) is 0 Å². The molecule has 0 aromatic heterocycles. The van der Waals surface area contributed by atoms with Gasteiger partial charge in [0.15, 0.2) is 0 Å². The molecule has 1 aromatic carbocycles. The van der Waals surface area contributed by atoms with Crippen molar-refractivity contribution in [2.75, 3.05) is 30.3 Å². The SMILES string of the molecule is CC(=O)Nc1ccccc1NC(=O)CN(CCO)C1CCCCC1. The van der Waals surface area contributed by atoms with Crippen LogP contribution in [0.15, 0.2) is 24.3 Å². The molecule has 0 saturated heterocycles. The van der Waals surface area contributed by atoms with Gasteiger partial charge in [-0.1, -0.05) is 31.4 Å². The van der Waals surface area contributed by atoms with Crippen LogP contribution < -0.4 is 10.6 Å². The van der Waals surface area contributed by atoms with Crippen LogP contribution in [0.25, 0.3) is 0 Å². The zero-order chi connectivity index (χ0) is 17.4. The number of anilines is 2. The predicted molar refractivity (Wildman–Crippen MR) is 94.9 cm³/mol. The van der Waals surface area contributed by atoms with Gasteiger partial charge in [0.25, 0.3) is 0 Å². The maximum atomic E-state index is 12.4. The standard InChI is InChI=1S/C18H27N3O3/c1-14(23)19-16-9-5-6-10-17(16)20-18(24)13-21(11-12-22)15-7-3-2-4-8-15/h5-6,9-10,15,22H,2-4,7-8,11-13H2,1H3,(H,19,23)(H,20,24). The van der Waals surface area contributed by atoms with Crippen molar-refractivity contribution in [3.05, 3.63) is 24.3 Å². The van der Waals surface area contributed by atoms with E-state index in [-0.39, 0.29) is 25.0 Å². The summed E-state index contributed by atoms with van der Waals surface area (Å²) in [5.41, 5.74) is 1.18. The zero-order valence-corrected chi connectivity index (χ0v) is 14.3. The Morgan fingerprint density at radius 1 is 1.12 bits per heavy atom. The normalized spacial score (nSPS) is 15.3. The molecular weight excluding hydrogens is 306 g/mol. The van der Waals surface area contributed by atoms with E-state index in [1.54, 1.807) is 18.2 Å². The molecule has 0 aliphatic heterocycles. The zero-order valence-electron chi connectivity index (χ0n) is 14.3. The fourth-order valence-electron chi connectivity index (χ4n) is 3.23. The van der Waals surface area contributed by atoms with Gasteiger partial charge in [-0.05, 0) is 25.0 Å². The molecule has 24 heavy (non-hydrogen) atoms. The van der Waals surface area contributed by atoms with Gasteiger partial charge in [-0.3, -0.25) is 14.5 Å². The summed E-state index contributed by atoms with van der Waals surface area (Å²) in [6.07, 6.45) is 5.77. The number of hydrogen-bond donors (Lipinski definition) is 3. The van der Waals surface area contributed by atoms with Crippen molar-refractivity contribution in [3.63, 3.8) is 0 Å². The van der Waals surface area contributed by atoms with Crippen LogP contribution in [0.5, 0.6) is 0 Å². The molecule has 0 spiro atoms. The fourth-order valence-corrected chi connectivity index (χ4v) is 3.23. The second-order valence-electron chi connectivity index (χ2n) is 6.26. The van der Waals surface area contributed by atoms with Gasteiger partial charge in [0, 0.05) is 19.5 Å². The summed E-state index contributed by atoms with van der Waals surface area (Å²) in [6, 6.07) is 7.50. The number of amides is 2. The average molecular weight is 333 g/mol. The molecule has 1 aliphatic rings. The van der Waals surface area contributed by atoms with Gasteiger partial charge >= 0.3 is 0 Å². The third-order valence-electron chi connectivity index (χ3n) is 4.34. The monoisotopic (exact) mass is 333 g/mol. The molecule has 1 saturated carbocycles. The molecule has 1 aromatic rings. The summed E-state index contributed by atoms with van der Waals surface area (Å²) in [6.45, 7) is 2.24. The van der Waals surface area contributed by atoms with E-state index in [0.717, 1.165) is 12.8 Å². The van der Waals surface area contributed by atoms with Gasteiger partial charge < -0.3 is 15.7 Å². The molecule has 0 heterocycles. The smallest absolute Gasteiger partial charge is 0.238 e. The van der Waals surface area contributed by atoms with Crippen LogP contribution in [0.4, 0.5) is 11.4 Å². The summed E-state index contributed by atoms with van der Waals surface area (Å²) in [4.78, 5) is 25.8. The van der Waals surface area contributed by atoms with Gasteiger partial charge in [-0.15, -0.1) is 0 Å². The lowest BCUT2D eigenvalue weighted by atomic mass is 9.94. The maximum Gasteiger partial charge on any atom is 0.238 e. The van der Waals surface area contributed by atoms with Crippen LogP contribution in [-0.4, -0.2) is 47.6 Å². The molecule has 0 bridgehead atoms. The second kappa shape index (κ2) is 9.39. The first-order chi connectivity index (χ1) is 11.6. The van der Waals surface area contributed by atoms with Crippen molar-refractivity contribution in [1.29, 1.82) is 0 Å². The molecule has 2 amide bonds. The van der Waals surface area contributed by atoms with Crippen molar-refractivity contribution < 1.29 is 14.7 Å². The first-order valence-corrected chi connectivity index (χ1v) is 8.61. The summed E-state index contributed by atoms with van der Waals surface area (Å²) < 4.78 is 0. The predicted octanol–water partition coefficient (Wildman–Crippen LogP) is 2.21. The van der Waals surface area contributed by atoms with Crippen molar-refractivity contribution in [3.8, 4) is 0 Å². The molecule has 6 nitrogen and oxygen atoms in total. The van der Waals surface area contributed by atoms with E-state index in [0.29, 0.717) is 24.0 Å². The quantitative estimate of drug-likeness (QED) is 0.714. The minimum absolute atomic E-state index is 0.0479. The van der Waals surface area contributed by atoms with Gasteiger partial charge in [0.05, 0.1) is 24.5 Å². The number of nitrogens with zero attached hydrogens (tertiary/aromatic N) is 1.